The first-order valence-corrected chi connectivity index (χ1v) is 8.05. The number of hydrogen-bond donors (Lipinski definition) is 1. The Morgan fingerprint density at radius 3 is 2.50 bits per heavy atom. The number of nitrogens with zero attached hydrogens (tertiary/aromatic N) is 1. The molecule has 0 radical (unpaired) electrons. The minimum atomic E-state index is -4.28. The van der Waals surface area contributed by atoms with E-state index in [2.05, 4.69) is 24.1 Å². The third-order valence-electron chi connectivity index (χ3n) is 4.38. The highest BCUT2D eigenvalue weighted by Crippen LogP contribution is 2.35. The third-order valence-corrected chi connectivity index (χ3v) is 4.38. The van der Waals surface area contributed by atoms with Crippen LogP contribution in [0, 0.1) is 5.92 Å². The summed E-state index contributed by atoms with van der Waals surface area (Å²) in [7, 11) is 0. The number of piperazine rings is 1. The lowest BCUT2D eigenvalue weighted by atomic mass is 9.88. The average molecular weight is 314 g/mol. The predicted molar refractivity (Wildman–Crippen MR) is 82.7 cm³/mol. The van der Waals surface area contributed by atoms with Gasteiger partial charge in [-0.3, -0.25) is 4.90 Å². The van der Waals surface area contributed by atoms with Crippen molar-refractivity contribution in [2.75, 3.05) is 26.2 Å². The Bertz CT molecular complexity index is 467. The Hall–Kier alpha value is -1.07. The lowest BCUT2D eigenvalue weighted by Crippen LogP contribution is -2.46. The standard InChI is InChI=1S/C17H25F3N2/c1-3-5-13(2)16(22-10-8-21-9-11-22)14-6-4-7-15(12-14)17(18,19)20/h4,6-7,12-13,16,21H,3,5,8-11H2,1-2H3/t13?,16-/m0/s1. The van der Waals surface area contributed by atoms with Crippen LogP contribution in [0.1, 0.15) is 43.9 Å². The van der Waals surface area contributed by atoms with Crippen LogP contribution in [-0.4, -0.2) is 31.1 Å². The van der Waals surface area contributed by atoms with E-state index in [1.807, 2.05) is 6.07 Å². The molecule has 0 saturated carbocycles. The molecule has 0 amide bonds. The number of halogens is 3. The van der Waals surface area contributed by atoms with Crippen molar-refractivity contribution in [2.24, 2.45) is 5.92 Å². The van der Waals surface area contributed by atoms with Gasteiger partial charge in [0, 0.05) is 32.2 Å². The maximum absolute atomic E-state index is 13.0. The Balaban J connectivity index is 2.31. The van der Waals surface area contributed by atoms with Crippen molar-refractivity contribution in [2.45, 2.75) is 38.9 Å². The normalized spacial score (nSPS) is 19.9. The van der Waals surface area contributed by atoms with E-state index >= 15 is 0 Å². The highest BCUT2D eigenvalue weighted by molar-refractivity contribution is 5.28. The van der Waals surface area contributed by atoms with E-state index in [0.717, 1.165) is 50.7 Å². The molecule has 2 rings (SSSR count). The van der Waals surface area contributed by atoms with Gasteiger partial charge in [0.1, 0.15) is 0 Å². The summed E-state index contributed by atoms with van der Waals surface area (Å²) < 4.78 is 39.0. The molecule has 5 heteroatoms. The molecule has 1 aliphatic heterocycles. The molecule has 0 bridgehead atoms. The average Bonchev–Trinajstić information content (AvgIpc) is 2.48. The maximum Gasteiger partial charge on any atom is 0.416 e. The fraction of sp³-hybridized carbons (Fsp3) is 0.647. The van der Waals surface area contributed by atoms with Gasteiger partial charge in [0.25, 0.3) is 0 Å². The summed E-state index contributed by atoms with van der Waals surface area (Å²) in [6.45, 7) is 7.83. The SMILES string of the molecule is CCCC(C)[C@@H](c1cccc(C(F)(F)F)c1)N1CCNCC1. The van der Waals surface area contributed by atoms with E-state index < -0.39 is 11.7 Å². The van der Waals surface area contributed by atoms with Gasteiger partial charge in [0.2, 0.25) is 0 Å². The van der Waals surface area contributed by atoms with E-state index in [-0.39, 0.29) is 6.04 Å². The number of hydrogen-bond acceptors (Lipinski definition) is 2. The van der Waals surface area contributed by atoms with Crippen LogP contribution in [0.3, 0.4) is 0 Å². The summed E-state index contributed by atoms with van der Waals surface area (Å²) in [6, 6.07) is 5.92. The zero-order chi connectivity index (χ0) is 16.2. The Labute approximate surface area is 130 Å². The molecule has 1 aliphatic rings. The van der Waals surface area contributed by atoms with Crippen LogP contribution >= 0.6 is 0 Å². The number of benzene rings is 1. The van der Waals surface area contributed by atoms with Crippen molar-refractivity contribution in [1.82, 2.24) is 10.2 Å². The predicted octanol–water partition coefficient (Wildman–Crippen LogP) is 4.09. The molecule has 1 unspecified atom stereocenters. The van der Waals surface area contributed by atoms with Gasteiger partial charge < -0.3 is 5.32 Å². The lowest BCUT2D eigenvalue weighted by Gasteiger charge is -2.39. The molecule has 2 atom stereocenters. The van der Waals surface area contributed by atoms with E-state index in [1.54, 1.807) is 0 Å². The zero-order valence-corrected chi connectivity index (χ0v) is 13.3. The van der Waals surface area contributed by atoms with Crippen LogP contribution in [0.25, 0.3) is 0 Å². The zero-order valence-electron chi connectivity index (χ0n) is 13.3. The second-order valence-electron chi connectivity index (χ2n) is 6.12. The molecular formula is C17H25F3N2. The summed E-state index contributed by atoms with van der Waals surface area (Å²) in [5, 5.41) is 3.31. The van der Waals surface area contributed by atoms with Gasteiger partial charge >= 0.3 is 6.18 Å². The minimum Gasteiger partial charge on any atom is -0.314 e. The first kappa shape index (κ1) is 17.3. The second-order valence-corrected chi connectivity index (χ2v) is 6.12. The molecular weight excluding hydrogens is 289 g/mol. The Morgan fingerprint density at radius 2 is 1.91 bits per heavy atom. The molecule has 0 spiro atoms. The summed E-state index contributed by atoms with van der Waals surface area (Å²) in [5.41, 5.74) is 0.242. The number of rotatable bonds is 5. The molecule has 1 heterocycles. The molecule has 1 saturated heterocycles. The van der Waals surface area contributed by atoms with Crippen LogP contribution in [0.2, 0.25) is 0 Å². The van der Waals surface area contributed by atoms with E-state index in [4.69, 9.17) is 0 Å². The monoisotopic (exact) mass is 314 g/mol. The summed E-state index contributed by atoms with van der Waals surface area (Å²) in [5.74, 6) is 0.339. The van der Waals surface area contributed by atoms with Crippen molar-refractivity contribution in [3.05, 3.63) is 35.4 Å². The molecule has 22 heavy (non-hydrogen) atoms. The van der Waals surface area contributed by atoms with Crippen molar-refractivity contribution in [1.29, 1.82) is 0 Å². The molecule has 1 aromatic carbocycles. The topological polar surface area (TPSA) is 15.3 Å². The molecule has 1 N–H and O–H groups in total. The Morgan fingerprint density at radius 1 is 1.23 bits per heavy atom. The number of nitrogens with one attached hydrogen (secondary N) is 1. The molecule has 1 aromatic rings. The smallest absolute Gasteiger partial charge is 0.314 e. The van der Waals surface area contributed by atoms with Crippen LogP contribution in [0.15, 0.2) is 24.3 Å². The second kappa shape index (κ2) is 7.47. The number of alkyl halides is 3. The third kappa shape index (κ3) is 4.23. The van der Waals surface area contributed by atoms with Gasteiger partial charge in [-0.15, -0.1) is 0 Å². The molecule has 2 nitrogen and oxygen atoms in total. The van der Waals surface area contributed by atoms with Crippen LogP contribution in [-0.2, 0) is 6.18 Å². The highest BCUT2D eigenvalue weighted by atomic mass is 19.4. The fourth-order valence-electron chi connectivity index (χ4n) is 3.37. The maximum atomic E-state index is 13.0. The molecule has 1 fully saturated rings. The van der Waals surface area contributed by atoms with Gasteiger partial charge in [-0.05, 0) is 30.0 Å². The summed E-state index contributed by atoms with van der Waals surface area (Å²) in [4.78, 5) is 2.33. The summed E-state index contributed by atoms with van der Waals surface area (Å²) >= 11 is 0. The van der Waals surface area contributed by atoms with E-state index in [0.29, 0.717) is 5.92 Å². The fourth-order valence-corrected chi connectivity index (χ4v) is 3.37. The minimum absolute atomic E-state index is 0.0596. The molecule has 124 valence electrons. The first-order chi connectivity index (χ1) is 10.4. The van der Waals surface area contributed by atoms with Gasteiger partial charge in [0.05, 0.1) is 5.56 Å². The van der Waals surface area contributed by atoms with Crippen LogP contribution < -0.4 is 5.32 Å². The van der Waals surface area contributed by atoms with Crippen LogP contribution in [0.5, 0.6) is 0 Å². The Kier molecular flexibility index (Phi) is 5.87. The summed E-state index contributed by atoms with van der Waals surface area (Å²) in [6.07, 6.45) is -2.22. The first-order valence-electron chi connectivity index (χ1n) is 8.05. The largest absolute Gasteiger partial charge is 0.416 e. The van der Waals surface area contributed by atoms with Crippen molar-refractivity contribution < 1.29 is 13.2 Å². The quantitative estimate of drug-likeness (QED) is 0.880. The van der Waals surface area contributed by atoms with Crippen molar-refractivity contribution >= 4 is 0 Å². The van der Waals surface area contributed by atoms with Crippen molar-refractivity contribution in [3.8, 4) is 0 Å². The van der Waals surface area contributed by atoms with E-state index in [1.165, 1.54) is 12.1 Å². The van der Waals surface area contributed by atoms with Crippen LogP contribution in [0.4, 0.5) is 13.2 Å². The van der Waals surface area contributed by atoms with Gasteiger partial charge in [-0.2, -0.15) is 13.2 Å². The molecule has 0 aromatic heterocycles. The van der Waals surface area contributed by atoms with Gasteiger partial charge in [-0.1, -0.05) is 32.4 Å². The van der Waals surface area contributed by atoms with Crippen molar-refractivity contribution in [3.63, 3.8) is 0 Å². The lowest BCUT2D eigenvalue weighted by molar-refractivity contribution is -0.137. The van der Waals surface area contributed by atoms with E-state index in [9.17, 15) is 13.2 Å². The van der Waals surface area contributed by atoms with Gasteiger partial charge in [-0.25, -0.2) is 0 Å². The molecule has 0 aliphatic carbocycles. The van der Waals surface area contributed by atoms with Gasteiger partial charge in [0.15, 0.2) is 0 Å². The highest BCUT2D eigenvalue weighted by Gasteiger charge is 2.33.